The van der Waals surface area contributed by atoms with Crippen molar-refractivity contribution in [3.63, 3.8) is 0 Å². The number of carbonyl (C=O) groups excluding carboxylic acids is 1. The van der Waals surface area contributed by atoms with E-state index in [-0.39, 0.29) is 11.5 Å². The van der Waals surface area contributed by atoms with E-state index >= 15 is 0 Å². The van der Waals surface area contributed by atoms with Gasteiger partial charge >= 0.3 is 5.97 Å². The molecule has 5 nitrogen and oxygen atoms in total. The van der Waals surface area contributed by atoms with Gasteiger partial charge in [-0.25, -0.2) is 14.8 Å². The monoisotopic (exact) mass is 237 g/mol. The van der Waals surface area contributed by atoms with Crippen LogP contribution in [-0.4, -0.2) is 28.8 Å². The lowest BCUT2D eigenvalue weighted by molar-refractivity contribution is 0.0595. The van der Waals surface area contributed by atoms with Crippen LogP contribution >= 0.6 is 12.6 Å². The second-order valence-electron chi connectivity index (χ2n) is 2.76. The Balaban J connectivity index is 2.99. The highest BCUT2D eigenvalue weighted by Gasteiger charge is 2.13. The number of aromatic nitrogens is 2. The van der Waals surface area contributed by atoms with Crippen LogP contribution in [0, 0.1) is 11.8 Å². The number of carbonyl (C=O) groups is 1. The number of rotatable bonds is 2. The average molecular weight is 237 g/mol. The van der Waals surface area contributed by atoms with E-state index in [2.05, 4.69) is 39.2 Å². The minimum Gasteiger partial charge on any atom is -0.464 e. The van der Waals surface area contributed by atoms with Gasteiger partial charge in [-0.1, -0.05) is 5.92 Å². The van der Waals surface area contributed by atoms with Crippen molar-refractivity contribution in [2.75, 3.05) is 18.6 Å². The molecule has 1 aromatic heterocycles. The molecule has 16 heavy (non-hydrogen) atoms. The van der Waals surface area contributed by atoms with Crippen molar-refractivity contribution in [3.05, 3.63) is 17.6 Å². The van der Waals surface area contributed by atoms with Gasteiger partial charge in [-0.3, -0.25) is 0 Å². The number of methoxy groups -OCH3 is 1. The summed E-state index contributed by atoms with van der Waals surface area (Å²) in [5, 5.41) is 0. The van der Waals surface area contributed by atoms with Crippen LogP contribution in [0.5, 0.6) is 0 Å². The van der Waals surface area contributed by atoms with Crippen LogP contribution in [0.4, 0.5) is 5.82 Å². The number of nitrogen functional groups attached to an aromatic ring is 1. The van der Waals surface area contributed by atoms with Crippen molar-refractivity contribution < 1.29 is 9.53 Å². The van der Waals surface area contributed by atoms with Gasteiger partial charge in [-0.2, -0.15) is 12.6 Å². The smallest absolute Gasteiger partial charge is 0.360 e. The molecule has 6 heteroatoms. The molecule has 0 unspecified atom stereocenters. The van der Waals surface area contributed by atoms with Crippen LogP contribution in [0.2, 0.25) is 0 Å². The molecular weight excluding hydrogens is 226 g/mol. The zero-order valence-electron chi connectivity index (χ0n) is 8.73. The molecule has 2 N–H and O–H groups in total. The maximum atomic E-state index is 11.3. The molecule has 0 bridgehead atoms. The highest BCUT2D eigenvalue weighted by Crippen LogP contribution is 2.06. The Hall–Kier alpha value is -1.74. The van der Waals surface area contributed by atoms with E-state index in [9.17, 15) is 4.79 Å². The van der Waals surface area contributed by atoms with E-state index in [1.165, 1.54) is 13.3 Å². The summed E-state index contributed by atoms with van der Waals surface area (Å²) < 4.78 is 4.52. The number of hydrogen-bond donors (Lipinski definition) is 2. The number of esters is 1. The Morgan fingerprint density at radius 3 is 3.06 bits per heavy atom. The average Bonchev–Trinajstić information content (AvgIpc) is 2.30. The van der Waals surface area contributed by atoms with Crippen molar-refractivity contribution in [1.82, 2.24) is 9.97 Å². The van der Waals surface area contributed by atoms with Crippen LogP contribution in [-0.2, 0) is 4.74 Å². The van der Waals surface area contributed by atoms with E-state index in [0.29, 0.717) is 17.9 Å². The third kappa shape index (κ3) is 3.14. The zero-order valence-corrected chi connectivity index (χ0v) is 9.62. The molecule has 0 aliphatic rings. The fraction of sp³-hybridized carbons (Fsp3) is 0.300. The Morgan fingerprint density at radius 2 is 2.44 bits per heavy atom. The summed E-state index contributed by atoms with van der Waals surface area (Å²) in [6.45, 7) is 0. The van der Waals surface area contributed by atoms with Crippen molar-refractivity contribution in [1.29, 1.82) is 0 Å². The Kier molecular flexibility index (Phi) is 4.61. The van der Waals surface area contributed by atoms with Crippen LogP contribution in [0.25, 0.3) is 0 Å². The summed E-state index contributed by atoms with van der Waals surface area (Å²) in [6, 6.07) is 0. The fourth-order valence-electron chi connectivity index (χ4n) is 0.914. The van der Waals surface area contributed by atoms with Gasteiger partial charge in [0.2, 0.25) is 0 Å². The number of nitrogens with zero attached hydrogens (tertiary/aromatic N) is 2. The summed E-state index contributed by atoms with van der Waals surface area (Å²) in [7, 11) is 1.25. The molecular formula is C10H11N3O2S. The minimum absolute atomic E-state index is 0.0137. The molecule has 1 heterocycles. The van der Waals surface area contributed by atoms with E-state index in [1.54, 1.807) is 0 Å². The number of anilines is 1. The predicted octanol–water partition coefficient (Wildman–Crippen LogP) is 0.517. The first-order valence-corrected chi connectivity index (χ1v) is 5.13. The Bertz CT molecular complexity index is 451. The maximum Gasteiger partial charge on any atom is 0.360 e. The topological polar surface area (TPSA) is 78.1 Å². The standard InChI is InChI=1S/C10H11N3O2S/c1-15-10(14)8-9(11)12-6-7(13-8)4-2-3-5-16/h6,16H,3,5H2,1H3,(H2,11,12). The second kappa shape index (κ2) is 5.98. The van der Waals surface area contributed by atoms with Crippen LogP contribution < -0.4 is 5.73 Å². The largest absolute Gasteiger partial charge is 0.464 e. The molecule has 0 radical (unpaired) electrons. The lowest BCUT2D eigenvalue weighted by Gasteiger charge is -2.01. The van der Waals surface area contributed by atoms with Gasteiger partial charge in [0.25, 0.3) is 0 Å². The number of hydrogen-bond acceptors (Lipinski definition) is 6. The van der Waals surface area contributed by atoms with Gasteiger partial charge in [0.05, 0.1) is 13.3 Å². The maximum absolute atomic E-state index is 11.3. The number of thiol groups is 1. The van der Waals surface area contributed by atoms with Crippen molar-refractivity contribution >= 4 is 24.4 Å². The van der Waals surface area contributed by atoms with Crippen molar-refractivity contribution in [3.8, 4) is 11.8 Å². The number of ether oxygens (including phenoxy) is 1. The summed E-state index contributed by atoms with van der Waals surface area (Å²) in [4.78, 5) is 19.0. The molecule has 0 atom stereocenters. The van der Waals surface area contributed by atoms with E-state index < -0.39 is 5.97 Å². The SMILES string of the molecule is COC(=O)c1nc(C#CCCS)cnc1N. The molecule has 84 valence electrons. The number of nitrogens with two attached hydrogens (primary N) is 1. The Labute approximate surface area is 98.8 Å². The molecule has 0 spiro atoms. The van der Waals surface area contributed by atoms with Gasteiger partial charge in [-0.15, -0.1) is 0 Å². The molecule has 0 aromatic carbocycles. The van der Waals surface area contributed by atoms with Gasteiger partial charge in [0.15, 0.2) is 11.5 Å². The first-order chi connectivity index (χ1) is 7.69. The Morgan fingerprint density at radius 1 is 1.69 bits per heavy atom. The molecule has 1 rings (SSSR count). The first kappa shape index (κ1) is 12.3. The third-order valence-electron chi connectivity index (χ3n) is 1.63. The van der Waals surface area contributed by atoms with Crippen molar-refractivity contribution in [2.24, 2.45) is 0 Å². The van der Waals surface area contributed by atoms with Crippen LogP contribution in [0.1, 0.15) is 22.6 Å². The normalized spacial score (nSPS) is 9.12. The van der Waals surface area contributed by atoms with Gasteiger partial charge in [0, 0.05) is 12.2 Å². The summed E-state index contributed by atoms with van der Waals surface area (Å²) in [5.41, 5.74) is 5.86. The van der Waals surface area contributed by atoms with Gasteiger partial charge in [-0.05, 0) is 5.92 Å². The molecule has 0 fully saturated rings. The highest BCUT2D eigenvalue weighted by molar-refractivity contribution is 7.80. The van der Waals surface area contributed by atoms with Gasteiger partial charge < -0.3 is 10.5 Å². The summed E-state index contributed by atoms with van der Waals surface area (Å²) in [5.74, 6) is 5.67. The molecule has 0 saturated heterocycles. The first-order valence-electron chi connectivity index (χ1n) is 4.49. The highest BCUT2D eigenvalue weighted by atomic mass is 32.1. The molecule has 0 saturated carbocycles. The van der Waals surface area contributed by atoms with E-state index in [1.807, 2.05) is 0 Å². The van der Waals surface area contributed by atoms with Crippen LogP contribution in [0.3, 0.4) is 0 Å². The molecule has 1 aromatic rings. The minimum atomic E-state index is -0.622. The van der Waals surface area contributed by atoms with Gasteiger partial charge in [0.1, 0.15) is 5.69 Å². The molecule has 0 amide bonds. The van der Waals surface area contributed by atoms with E-state index in [0.717, 1.165) is 0 Å². The van der Waals surface area contributed by atoms with Crippen LogP contribution in [0.15, 0.2) is 6.20 Å². The zero-order chi connectivity index (χ0) is 12.0. The lowest BCUT2D eigenvalue weighted by atomic mass is 10.3. The third-order valence-corrected chi connectivity index (χ3v) is 1.86. The fourth-order valence-corrected chi connectivity index (χ4v) is 1.03. The van der Waals surface area contributed by atoms with E-state index in [4.69, 9.17) is 5.73 Å². The lowest BCUT2D eigenvalue weighted by Crippen LogP contribution is -2.10. The molecule has 0 aliphatic carbocycles. The quantitative estimate of drug-likeness (QED) is 0.445. The second-order valence-corrected chi connectivity index (χ2v) is 3.20. The molecule has 0 aliphatic heterocycles. The summed E-state index contributed by atoms with van der Waals surface area (Å²) >= 11 is 4.02. The summed E-state index contributed by atoms with van der Waals surface area (Å²) in [6.07, 6.45) is 2.05. The van der Waals surface area contributed by atoms with Crippen molar-refractivity contribution in [2.45, 2.75) is 6.42 Å². The predicted molar refractivity (Wildman–Crippen MR) is 63.1 cm³/mol.